The van der Waals surface area contributed by atoms with E-state index in [9.17, 15) is 4.79 Å². The molecule has 1 saturated heterocycles. The second-order valence-electron chi connectivity index (χ2n) is 5.63. The molecule has 6 heteroatoms. The third-order valence-electron chi connectivity index (χ3n) is 4.00. The molecule has 1 aliphatic heterocycles. The first-order valence-corrected chi connectivity index (χ1v) is 7.54. The van der Waals surface area contributed by atoms with E-state index in [1.54, 1.807) is 17.0 Å². The molecule has 0 amide bonds. The van der Waals surface area contributed by atoms with Crippen LogP contribution in [0.3, 0.4) is 0 Å². The van der Waals surface area contributed by atoms with Gasteiger partial charge in [-0.2, -0.15) is 5.26 Å². The van der Waals surface area contributed by atoms with Gasteiger partial charge in [0.15, 0.2) is 5.82 Å². The Bertz CT molecular complexity index is 566. The zero-order chi connectivity index (χ0) is 15.4. The minimum absolute atomic E-state index is 0.0248. The first kappa shape index (κ1) is 15.5. The summed E-state index contributed by atoms with van der Waals surface area (Å²) in [5.41, 5.74) is -0.0340. The highest BCUT2D eigenvalue weighted by atomic mass is 16.1. The van der Waals surface area contributed by atoms with Crippen molar-refractivity contribution in [2.45, 2.75) is 39.3 Å². The van der Waals surface area contributed by atoms with Gasteiger partial charge in [0.2, 0.25) is 0 Å². The van der Waals surface area contributed by atoms with Crippen LogP contribution in [0, 0.1) is 11.3 Å². The highest BCUT2D eigenvalue weighted by molar-refractivity contribution is 5.36. The summed E-state index contributed by atoms with van der Waals surface area (Å²) in [6, 6.07) is 2.44. The summed E-state index contributed by atoms with van der Waals surface area (Å²) in [6.45, 7) is 9.07. The van der Waals surface area contributed by atoms with Crippen molar-refractivity contribution in [3.8, 4) is 6.07 Å². The average Bonchev–Trinajstić information content (AvgIpc) is 2.49. The Morgan fingerprint density at radius 3 is 2.52 bits per heavy atom. The number of hydrogen-bond acceptors (Lipinski definition) is 5. The van der Waals surface area contributed by atoms with Crippen molar-refractivity contribution >= 4 is 5.82 Å². The number of piperazine rings is 1. The highest BCUT2D eigenvalue weighted by Crippen LogP contribution is 2.13. The van der Waals surface area contributed by atoms with Gasteiger partial charge in [-0.15, -0.1) is 0 Å². The lowest BCUT2D eigenvalue weighted by Crippen LogP contribution is -2.51. The summed E-state index contributed by atoms with van der Waals surface area (Å²) in [4.78, 5) is 20.9. The molecule has 0 aliphatic carbocycles. The van der Waals surface area contributed by atoms with Crippen LogP contribution in [0.5, 0.6) is 0 Å². The number of anilines is 1. The van der Waals surface area contributed by atoms with Crippen LogP contribution in [0.4, 0.5) is 5.82 Å². The van der Waals surface area contributed by atoms with Gasteiger partial charge >= 0.3 is 0 Å². The predicted molar refractivity (Wildman–Crippen MR) is 82.4 cm³/mol. The maximum Gasteiger partial charge on any atom is 0.293 e. The average molecular weight is 289 g/mol. The normalized spacial score (nSPS) is 17.8. The fourth-order valence-corrected chi connectivity index (χ4v) is 2.71. The first-order valence-electron chi connectivity index (χ1n) is 7.54. The Morgan fingerprint density at radius 2 is 2.00 bits per heavy atom. The summed E-state index contributed by atoms with van der Waals surface area (Å²) in [5.74, 6) is 0.524. The van der Waals surface area contributed by atoms with E-state index in [1.165, 1.54) is 0 Å². The van der Waals surface area contributed by atoms with Crippen LogP contribution in [0.15, 0.2) is 17.2 Å². The lowest BCUT2D eigenvalue weighted by Gasteiger charge is -2.37. The summed E-state index contributed by atoms with van der Waals surface area (Å²) in [6.07, 6.45) is 4.25. The van der Waals surface area contributed by atoms with Crippen molar-refractivity contribution in [2.24, 2.45) is 0 Å². The molecule has 1 atom stereocenters. The second kappa shape index (κ2) is 6.72. The van der Waals surface area contributed by atoms with Crippen LogP contribution in [0.2, 0.25) is 0 Å². The van der Waals surface area contributed by atoms with E-state index in [0.29, 0.717) is 5.82 Å². The van der Waals surface area contributed by atoms with E-state index in [0.717, 1.165) is 32.6 Å². The number of aromatic nitrogens is 2. The monoisotopic (exact) mass is 289 g/mol. The van der Waals surface area contributed by atoms with Crippen molar-refractivity contribution in [3.05, 3.63) is 22.7 Å². The van der Waals surface area contributed by atoms with Gasteiger partial charge in [-0.1, -0.05) is 6.92 Å². The minimum Gasteiger partial charge on any atom is -0.349 e. The second-order valence-corrected chi connectivity index (χ2v) is 5.63. The van der Waals surface area contributed by atoms with Gasteiger partial charge in [-0.3, -0.25) is 9.69 Å². The molecule has 0 aromatic carbocycles. The molecule has 0 spiro atoms. The minimum atomic E-state index is -0.0340. The highest BCUT2D eigenvalue weighted by Gasteiger charge is 2.24. The van der Waals surface area contributed by atoms with E-state index in [1.807, 2.05) is 25.7 Å². The van der Waals surface area contributed by atoms with Gasteiger partial charge < -0.3 is 9.47 Å². The maximum absolute atomic E-state index is 12.4. The zero-order valence-corrected chi connectivity index (χ0v) is 13.0. The van der Waals surface area contributed by atoms with Crippen LogP contribution in [0.25, 0.3) is 0 Å². The Labute approximate surface area is 125 Å². The van der Waals surface area contributed by atoms with Crippen LogP contribution in [-0.4, -0.2) is 46.7 Å². The van der Waals surface area contributed by atoms with Gasteiger partial charge in [0, 0.05) is 44.6 Å². The van der Waals surface area contributed by atoms with Crippen molar-refractivity contribution in [2.75, 3.05) is 31.1 Å². The molecular weight excluding hydrogens is 266 g/mol. The van der Waals surface area contributed by atoms with Gasteiger partial charge in [-0.25, -0.2) is 4.98 Å². The van der Waals surface area contributed by atoms with Crippen molar-refractivity contribution < 1.29 is 0 Å². The molecule has 1 unspecified atom stereocenters. The molecule has 1 aromatic rings. The third-order valence-corrected chi connectivity index (χ3v) is 4.00. The van der Waals surface area contributed by atoms with E-state index in [2.05, 4.69) is 16.0 Å². The topological polar surface area (TPSA) is 65.2 Å². The molecule has 0 saturated carbocycles. The Kier molecular flexibility index (Phi) is 4.97. The molecule has 1 aromatic heterocycles. The standard InChI is InChI=1S/C15H23N5O/c1-4-13(11-16)18-7-9-19(10-8-18)14-15(21)20(12(2)3)6-5-17-14/h5-6,12-13H,4,7-10H2,1-3H3. The predicted octanol–water partition coefficient (Wildman–Crippen LogP) is 1.25. The molecule has 21 heavy (non-hydrogen) atoms. The summed E-state index contributed by atoms with van der Waals surface area (Å²) in [7, 11) is 0. The molecule has 2 heterocycles. The Morgan fingerprint density at radius 1 is 1.33 bits per heavy atom. The smallest absolute Gasteiger partial charge is 0.293 e. The number of nitrogens with zero attached hydrogens (tertiary/aromatic N) is 5. The quantitative estimate of drug-likeness (QED) is 0.834. The molecule has 0 radical (unpaired) electrons. The number of hydrogen-bond donors (Lipinski definition) is 0. The third kappa shape index (κ3) is 3.24. The van der Waals surface area contributed by atoms with Gasteiger partial charge in [0.25, 0.3) is 5.56 Å². The van der Waals surface area contributed by atoms with Crippen LogP contribution < -0.4 is 10.5 Å². The molecule has 1 fully saturated rings. The molecule has 2 rings (SSSR count). The van der Waals surface area contributed by atoms with E-state index < -0.39 is 0 Å². The van der Waals surface area contributed by atoms with Crippen LogP contribution >= 0.6 is 0 Å². The van der Waals surface area contributed by atoms with Crippen LogP contribution in [0.1, 0.15) is 33.2 Å². The van der Waals surface area contributed by atoms with Crippen molar-refractivity contribution in [1.82, 2.24) is 14.5 Å². The SMILES string of the molecule is CCC(C#N)N1CCN(c2nccn(C(C)C)c2=O)CC1. The van der Waals surface area contributed by atoms with E-state index >= 15 is 0 Å². The fraction of sp³-hybridized carbons (Fsp3) is 0.667. The molecule has 0 N–H and O–H groups in total. The largest absolute Gasteiger partial charge is 0.349 e. The van der Waals surface area contributed by atoms with Crippen molar-refractivity contribution in [1.29, 1.82) is 5.26 Å². The summed E-state index contributed by atoms with van der Waals surface area (Å²) < 4.78 is 1.71. The molecule has 114 valence electrons. The van der Waals surface area contributed by atoms with E-state index in [4.69, 9.17) is 5.26 Å². The molecule has 1 aliphatic rings. The lowest BCUT2D eigenvalue weighted by molar-refractivity contribution is 0.215. The first-order chi connectivity index (χ1) is 10.1. The molecule has 0 bridgehead atoms. The molecule has 6 nitrogen and oxygen atoms in total. The Hall–Kier alpha value is -1.87. The fourth-order valence-electron chi connectivity index (χ4n) is 2.71. The van der Waals surface area contributed by atoms with Gasteiger partial charge in [-0.05, 0) is 20.3 Å². The Balaban J connectivity index is 2.12. The summed E-state index contributed by atoms with van der Waals surface area (Å²) >= 11 is 0. The van der Waals surface area contributed by atoms with Crippen LogP contribution in [-0.2, 0) is 0 Å². The van der Waals surface area contributed by atoms with Gasteiger partial charge in [0.1, 0.15) is 0 Å². The number of rotatable bonds is 4. The maximum atomic E-state index is 12.4. The zero-order valence-electron chi connectivity index (χ0n) is 13.0. The number of nitriles is 1. The van der Waals surface area contributed by atoms with Crippen molar-refractivity contribution in [3.63, 3.8) is 0 Å². The van der Waals surface area contributed by atoms with E-state index in [-0.39, 0.29) is 17.6 Å². The molecular formula is C15H23N5O. The van der Waals surface area contributed by atoms with Gasteiger partial charge in [0.05, 0.1) is 12.1 Å². The lowest BCUT2D eigenvalue weighted by atomic mass is 10.2. The summed E-state index contributed by atoms with van der Waals surface area (Å²) in [5, 5.41) is 9.13.